The monoisotopic (exact) mass is 533 g/mol. The Hall–Kier alpha value is -1.92. The SMILES string of the molecule is CCCN(CCC)CCCCN(CC(=O)OCC)Cc1ccc(CN=Cc2ccc(Cl)cc2Cl)cc1. The lowest BCUT2D eigenvalue weighted by atomic mass is 10.1. The summed E-state index contributed by atoms with van der Waals surface area (Å²) in [5.41, 5.74) is 3.13. The molecule has 0 amide bonds. The van der Waals surface area contributed by atoms with Gasteiger partial charge in [0.25, 0.3) is 0 Å². The highest BCUT2D eigenvalue weighted by molar-refractivity contribution is 6.36. The molecule has 0 saturated carbocycles. The molecule has 0 radical (unpaired) electrons. The third kappa shape index (κ3) is 11.9. The molecule has 0 fully saturated rings. The van der Waals surface area contributed by atoms with Crippen LogP contribution in [0.3, 0.4) is 0 Å². The zero-order chi connectivity index (χ0) is 26.2. The van der Waals surface area contributed by atoms with E-state index in [1.807, 2.05) is 13.0 Å². The van der Waals surface area contributed by atoms with Crippen molar-refractivity contribution in [2.75, 3.05) is 39.3 Å². The van der Waals surface area contributed by atoms with Gasteiger partial charge in [0.15, 0.2) is 0 Å². The number of carbonyl (C=O) groups excluding carboxylic acids is 1. The van der Waals surface area contributed by atoms with Crippen LogP contribution in [0, 0.1) is 0 Å². The van der Waals surface area contributed by atoms with Crippen LogP contribution in [0.25, 0.3) is 0 Å². The van der Waals surface area contributed by atoms with E-state index in [4.69, 9.17) is 27.9 Å². The number of unbranched alkanes of at least 4 members (excludes halogenated alkanes) is 1. The van der Waals surface area contributed by atoms with Crippen LogP contribution >= 0.6 is 23.2 Å². The lowest BCUT2D eigenvalue weighted by Crippen LogP contribution is -2.32. The minimum Gasteiger partial charge on any atom is -0.465 e. The average Bonchev–Trinajstić information content (AvgIpc) is 2.84. The van der Waals surface area contributed by atoms with Crippen molar-refractivity contribution in [3.63, 3.8) is 0 Å². The largest absolute Gasteiger partial charge is 0.465 e. The standard InChI is InChI=1S/C29H41Cl2N3O2/c1-4-15-33(16-5-2)17-7-8-18-34(23-29(35)36-6-3)22-25-11-9-24(10-12-25)20-32-21-26-13-14-27(30)19-28(26)31/h9-14,19,21H,4-8,15-18,20,22-23H2,1-3H3. The fraction of sp³-hybridized carbons (Fsp3) is 0.517. The van der Waals surface area contributed by atoms with Gasteiger partial charge < -0.3 is 9.64 Å². The van der Waals surface area contributed by atoms with Gasteiger partial charge in [-0.3, -0.25) is 14.7 Å². The molecule has 7 heteroatoms. The van der Waals surface area contributed by atoms with E-state index in [-0.39, 0.29) is 5.97 Å². The Morgan fingerprint density at radius 1 is 0.889 bits per heavy atom. The highest BCUT2D eigenvalue weighted by Gasteiger charge is 2.13. The fourth-order valence-electron chi connectivity index (χ4n) is 4.11. The summed E-state index contributed by atoms with van der Waals surface area (Å²) in [5, 5.41) is 1.20. The summed E-state index contributed by atoms with van der Waals surface area (Å²) in [6.45, 7) is 12.6. The normalized spacial score (nSPS) is 11.6. The summed E-state index contributed by atoms with van der Waals surface area (Å²) in [6.07, 6.45) is 6.34. The maximum Gasteiger partial charge on any atom is 0.320 e. The second kappa shape index (κ2) is 17.5. The third-order valence-corrected chi connectivity index (χ3v) is 6.39. The van der Waals surface area contributed by atoms with Crippen LogP contribution in [0.2, 0.25) is 10.0 Å². The van der Waals surface area contributed by atoms with Gasteiger partial charge in [0, 0.05) is 23.3 Å². The summed E-state index contributed by atoms with van der Waals surface area (Å²) < 4.78 is 5.21. The second-order valence-corrected chi connectivity index (χ2v) is 9.86. The molecule has 2 rings (SSSR count). The van der Waals surface area contributed by atoms with Crippen molar-refractivity contribution in [1.29, 1.82) is 0 Å². The number of benzene rings is 2. The summed E-state index contributed by atoms with van der Waals surface area (Å²) >= 11 is 12.2. The zero-order valence-corrected chi connectivity index (χ0v) is 23.5. The highest BCUT2D eigenvalue weighted by Crippen LogP contribution is 2.19. The van der Waals surface area contributed by atoms with E-state index in [0.29, 0.717) is 29.7 Å². The molecule has 2 aromatic carbocycles. The Morgan fingerprint density at radius 2 is 1.53 bits per heavy atom. The van der Waals surface area contributed by atoms with Crippen LogP contribution in [-0.2, 0) is 22.6 Å². The molecule has 0 aliphatic carbocycles. The predicted molar refractivity (Wildman–Crippen MR) is 152 cm³/mol. The maximum atomic E-state index is 12.2. The van der Waals surface area contributed by atoms with E-state index in [2.05, 4.69) is 52.9 Å². The molecule has 0 spiro atoms. The van der Waals surface area contributed by atoms with E-state index in [1.165, 1.54) is 18.4 Å². The second-order valence-electron chi connectivity index (χ2n) is 9.02. The molecule has 0 saturated heterocycles. The van der Waals surface area contributed by atoms with Crippen molar-refractivity contribution in [1.82, 2.24) is 9.80 Å². The Bertz CT molecular complexity index is 929. The topological polar surface area (TPSA) is 45.1 Å². The number of nitrogens with zero attached hydrogens (tertiary/aromatic N) is 3. The van der Waals surface area contributed by atoms with Crippen LogP contribution in [0.5, 0.6) is 0 Å². The van der Waals surface area contributed by atoms with Gasteiger partial charge in [-0.15, -0.1) is 0 Å². The molecule has 0 bridgehead atoms. The number of ether oxygens (including phenoxy) is 1. The Balaban J connectivity index is 1.90. The molecule has 2 aromatic rings. The molecule has 0 N–H and O–H groups in total. The number of rotatable bonds is 17. The third-order valence-electron chi connectivity index (χ3n) is 5.83. The van der Waals surface area contributed by atoms with Gasteiger partial charge in [-0.2, -0.15) is 0 Å². The first kappa shape index (κ1) is 30.3. The van der Waals surface area contributed by atoms with Gasteiger partial charge in [-0.05, 0) is 82.0 Å². The predicted octanol–water partition coefficient (Wildman–Crippen LogP) is 6.88. The number of hydrogen-bond donors (Lipinski definition) is 0. The lowest BCUT2D eigenvalue weighted by molar-refractivity contribution is -0.144. The average molecular weight is 535 g/mol. The summed E-state index contributed by atoms with van der Waals surface area (Å²) in [5.74, 6) is -0.164. The first-order chi connectivity index (χ1) is 17.4. The summed E-state index contributed by atoms with van der Waals surface area (Å²) in [6, 6.07) is 13.8. The summed E-state index contributed by atoms with van der Waals surface area (Å²) in [4.78, 5) is 21.4. The molecule has 0 unspecified atom stereocenters. The number of carbonyl (C=O) groups is 1. The van der Waals surface area contributed by atoms with Crippen LogP contribution in [0.1, 0.15) is 63.1 Å². The van der Waals surface area contributed by atoms with Crippen molar-refractivity contribution in [3.05, 3.63) is 69.2 Å². The van der Waals surface area contributed by atoms with Crippen molar-refractivity contribution >= 4 is 35.4 Å². The van der Waals surface area contributed by atoms with Crippen molar-refractivity contribution in [2.24, 2.45) is 4.99 Å². The quantitative estimate of drug-likeness (QED) is 0.126. The van der Waals surface area contributed by atoms with Gasteiger partial charge in [0.05, 0.1) is 24.7 Å². The van der Waals surface area contributed by atoms with E-state index in [9.17, 15) is 4.79 Å². The Labute approximate surface area is 227 Å². The van der Waals surface area contributed by atoms with E-state index in [1.54, 1.807) is 18.3 Å². The number of halogens is 2. The number of esters is 1. The van der Waals surface area contributed by atoms with Crippen LogP contribution < -0.4 is 0 Å². The Kier molecular flexibility index (Phi) is 14.7. The molecule has 36 heavy (non-hydrogen) atoms. The minimum atomic E-state index is -0.164. The Morgan fingerprint density at radius 3 is 2.14 bits per heavy atom. The van der Waals surface area contributed by atoms with Crippen molar-refractivity contribution in [2.45, 2.75) is 59.5 Å². The van der Waals surface area contributed by atoms with Gasteiger partial charge >= 0.3 is 5.97 Å². The van der Waals surface area contributed by atoms with Gasteiger partial charge in [-0.1, -0.05) is 67.4 Å². The molecule has 0 aromatic heterocycles. The first-order valence-corrected chi connectivity index (χ1v) is 13.8. The molecule has 5 nitrogen and oxygen atoms in total. The molecule has 198 valence electrons. The number of aliphatic imine (C=N–C) groups is 1. The molecule has 0 atom stereocenters. The molecule has 0 heterocycles. The van der Waals surface area contributed by atoms with Gasteiger partial charge in [-0.25, -0.2) is 0 Å². The molecular formula is C29H41Cl2N3O2. The van der Waals surface area contributed by atoms with E-state index >= 15 is 0 Å². The maximum absolute atomic E-state index is 12.2. The van der Waals surface area contributed by atoms with Crippen molar-refractivity contribution in [3.8, 4) is 0 Å². The molecule has 0 aliphatic heterocycles. The van der Waals surface area contributed by atoms with E-state index in [0.717, 1.165) is 56.7 Å². The zero-order valence-electron chi connectivity index (χ0n) is 22.0. The lowest BCUT2D eigenvalue weighted by Gasteiger charge is -2.24. The smallest absolute Gasteiger partial charge is 0.320 e. The van der Waals surface area contributed by atoms with Gasteiger partial charge in [0.2, 0.25) is 0 Å². The number of hydrogen-bond acceptors (Lipinski definition) is 5. The van der Waals surface area contributed by atoms with E-state index < -0.39 is 0 Å². The molecule has 0 aliphatic rings. The summed E-state index contributed by atoms with van der Waals surface area (Å²) in [7, 11) is 0. The highest BCUT2D eigenvalue weighted by atomic mass is 35.5. The fourth-order valence-corrected chi connectivity index (χ4v) is 4.56. The van der Waals surface area contributed by atoms with Crippen LogP contribution in [0.4, 0.5) is 0 Å². The van der Waals surface area contributed by atoms with Crippen LogP contribution in [0.15, 0.2) is 47.5 Å². The van der Waals surface area contributed by atoms with Gasteiger partial charge in [0.1, 0.15) is 0 Å². The molecular weight excluding hydrogens is 493 g/mol. The minimum absolute atomic E-state index is 0.164. The first-order valence-electron chi connectivity index (χ1n) is 13.1. The van der Waals surface area contributed by atoms with Crippen LogP contribution in [-0.4, -0.2) is 61.3 Å². The van der Waals surface area contributed by atoms with Crippen molar-refractivity contribution < 1.29 is 9.53 Å².